The number of ether oxygens (including phenoxy) is 1. The van der Waals surface area contributed by atoms with Gasteiger partial charge < -0.3 is 19.4 Å². The molecule has 1 amide bonds. The van der Waals surface area contributed by atoms with Crippen LogP contribution < -0.4 is 9.64 Å². The Balaban J connectivity index is 1.69. The second kappa shape index (κ2) is 9.31. The number of carbonyl (C=O) groups excluding carboxylic acids is 1. The summed E-state index contributed by atoms with van der Waals surface area (Å²) >= 11 is 6.29. The first-order valence-electron chi connectivity index (χ1n) is 10.8. The molecule has 0 spiro atoms. The van der Waals surface area contributed by atoms with Crippen molar-refractivity contribution in [2.45, 2.75) is 31.8 Å². The number of amides is 1. The molecule has 9 heteroatoms. The van der Waals surface area contributed by atoms with Gasteiger partial charge in [0.15, 0.2) is 0 Å². The van der Waals surface area contributed by atoms with Crippen molar-refractivity contribution in [3.05, 3.63) is 35.4 Å². The summed E-state index contributed by atoms with van der Waals surface area (Å²) in [7, 11) is 2.10. The number of anilines is 1. The Kier molecular flexibility index (Phi) is 6.49. The molecule has 2 aliphatic rings. The number of likely N-dealkylation sites (N-methyl/N-ethyl adjacent to an activating group) is 1. The molecule has 0 saturated carbocycles. The number of aromatic nitrogens is 2. The van der Waals surface area contributed by atoms with E-state index < -0.39 is 0 Å². The number of carbonyl (C=O) groups is 1. The Morgan fingerprint density at radius 2 is 2.19 bits per heavy atom. The second-order valence-corrected chi connectivity index (χ2v) is 8.82. The third-order valence-electron chi connectivity index (χ3n) is 6.33. The van der Waals surface area contributed by atoms with E-state index in [1.165, 1.54) is 6.08 Å². The van der Waals surface area contributed by atoms with Crippen LogP contribution in [0, 0.1) is 11.3 Å². The fraction of sp³-hybridized carbons (Fsp3) is 0.478. The van der Waals surface area contributed by atoms with Gasteiger partial charge in [0.1, 0.15) is 18.5 Å². The maximum atomic E-state index is 12.1. The topological polar surface area (TPSA) is 85.6 Å². The molecule has 1 aromatic heterocycles. The van der Waals surface area contributed by atoms with Gasteiger partial charge in [-0.1, -0.05) is 18.2 Å². The SMILES string of the molecule is C=CC(=O)N1CCN(c2nc(OCC3CCCN3C)nc3cc(Cl)c(C#N)cc23)C(C)C1. The molecule has 0 N–H and O–H groups in total. The van der Waals surface area contributed by atoms with Crippen LogP contribution >= 0.6 is 11.6 Å². The van der Waals surface area contributed by atoms with Crippen LogP contribution in [0.5, 0.6) is 6.01 Å². The summed E-state index contributed by atoms with van der Waals surface area (Å²) in [6, 6.07) is 6.21. The van der Waals surface area contributed by atoms with Crippen molar-refractivity contribution in [1.29, 1.82) is 5.26 Å². The third kappa shape index (κ3) is 4.36. The lowest BCUT2D eigenvalue weighted by Crippen LogP contribution is -2.53. The minimum Gasteiger partial charge on any atom is -0.462 e. The van der Waals surface area contributed by atoms with Gasteiger partial charge in [-0.15, -0.1) is 0 Å². The highest BCUT2D eigenvalue weighted by Gasteiger charge is 2.29. The fourth-order valence-corrected chi connectivity index (χ4v) is 4.64. The molecule has 8 nitrogen and oxygen atoms in total. The van der Waals surface area contributed by atoms with Crippen molar-refractivity contribution < 1.29 is 9.53 Å². The molecule has 2 atom stereocenters. The van der Waals surface area contributed by atoms with Crippen LogP contribution in [0.1, 0.15) is 25.3 Å². The van der Waals surface area contributed by atoms with Crippen LogP contribution in [0.2, 0.25) is 5.02 Å². The molecule has 4 rings (SSSR count). The third-order valence-corrected chi connectivity index (χ3v) is 6.64. The van der Waals surface area contributed by atoms with Crippen molar-refractivity contribution in [2.24, 2.45) is 0 Å². The van der Waals surface area contributed by atoms with E-state index in [0.717, 1.165) is 24.8 Å². The second-order valence-electron chi connectivity index (χ2n) is 8.41. The highest BCUT2D eigenvalue weighted by Crippen LogP contribution is 2.32. The van der Waals surface area contributed by atoms with E-state index in [4.69, 9.17) is 21.3 Å². The summed E-state index contributed by atoms with van der Waals surface area (Å²) < 4.78 is 6.03. The summed E-state index contributed by atoms with van der Waals surface area (Å²) in [6.45, 7) is 8.93. The van der Waals surface area contributed by atoms with Gasteiger partial charge in [0.25, 0.3) is 0 Å². The predicted molar refractivity (Wildman–Crippen MR) is 124 cm³/mol. The molecular formula is C23H27ClN6O2. The van der Waals surface area contributed by atoms with E-state index in [9.17, 15) is 10.1 Å². The van der Waals surface area contributed by atoms with E-state index in [0.29, 0.717) is 60.2 Å². The van der Waals surface area contributed by atoms with Gasteiger partial charge in [0.2, 0.25) is 5.91 Å². The molecule has 32 heavy (non-hydrogen) atoms. The van der Waals surface area contributed by atoms with Gasteiger partial charge in [-0.2, -0.15) is 15.2 Å². The zero-order chi connectivity index (χ0) is 22.8. The van der Waals surface area contributed by atoms with Gasteiger partial charge in [-0.25, -0.2) is 0 Å². The van der Waals surface area contributed by atoms with Crippen molar-refractivity contribution in [3.63, 3.8) is 0 Å². The number of halogens is 1. The molecule has 0 radical (unpaired) electrons. The smallest absolute Gasteiger partial charge is 0.319 e. The van der Waals surface area contributed by atoms with Gasteiger partial charge in [0, 0.05) is 37.1 Å². The first-order valence-corrected chi connectivity index (χ1v) is 11.2. The highest BCUT2D eigenvalue weighted by atomic mass is 35.5. The Morgan fingerprint density at radius 1 is 1.38 bits per heavy atom. The molecule has 2 aliphatic heterocycles. The van der Waals surface area contributed by atoms with E-state index in [-0.39, 0.29) is 11.9 Å². The molecule has 0 aliphatic carbocycles. The summed E-state index contributed by atoms with van der Waals surface area (Å²) in [6.07, 6.45) is 3.59. The zero-order valence-electron chi connectivity index (χ0n) is 18.4. The number of piperazine rings is 1. The first kappa shape index (κ1) is 22.3. The number of likely N-dealkylation sites (tertiary alicyclic amines) is 1. The minimum absolute atomic E-state index is 0.0146. The summed E-state index contributed by atoms with van der Waals surface area (Å²) in [4.78, 5) is 27.6. The largest absolute Gasteiger partial charge is 0.462 e. The predicted octanol–water partition coefficient (Wildman–Crippen LogP) is 2.85. The van der Waals surface area contributed by atoms with Crippen LogP contribution in [-0.4, -0.2) is 77.6 Å². The number of fused-ring (bicyclic) bond motifs is 1. The Morgan fingerprint density at radius 3 is 2.84 bits per heavy atom. The van der Waals surface area contributed by atoms with Crippen LogP contribution in [0.15, 0.2) is 24.8 Å². The van der Waals surface area contributed by atoms with E-state index in [1.807, 2.05) is 6.92 Å². The van der Waals surface area contributed by atoms with Gasteiger partial charge in [-0.05, 0) is 51.6 Å². The first-order chi connectivity index (χ1) is 15.4. The zero-order valence-corrected chi connectivity index (χ0v) is 19.2. The summed E-state index contributed by atoms with van der Waals surface area (Å²) in [5, 5.41) is 10.6. The number of nitrogens with zero attached hydrogens (tertiary/aromatic N) is 6. The van der Waals surface area contributed by atoms with E-state index >= 15 is 0 Å². The lowest BCUT2D eigenvalue weighted by molar-refractivity contribution is -0.126. The number of hydrogen-bond acceptors (Lipinski definition) is 7. The summed E-state index contributed by atoms with van der Waals surface area (Å²) in [5.74, 6) is 0.614. The molecule has 1 aromatic carbocycles. The average molecular weight is 455 g/mol. The van der Waals surface area contributed by atoms with Crippen LogP contribution in [-0.2, 0) is 4.79 Å². The van der Waals surface area contributed by atoms with Crippen LogP contribution in [0.25, 0.3) is 10.9 Å². The number of nitriles is 1. The Bertz CT molecular complexity index is 1080. The fourth-order valence-electron chi connectivity index (χ4n) is 4.44. The standard InChI is InChI=1S/C23H27ClN6O2/c1-4-21(31)29-8-9-30(15(2)13-29)22-18-10-16(12-25)19(24)11-20(18)26-23(27-22)32-14-17-6-5-7-28(17)3/h4,10-11,15,17H,1,5-9,13-14H2,2-3H3. The van der Waals surface area contributed by atoms with Gasteiger partial charge >= 0.3 is 6.01 Å². The normalized spacial score (nSPS) is 21.6. The molecule has 2 aromatic rings. The quantitative estimate of drug-likeness (QED) is 0.642. The molecule has 0 bridgehead atoms. The number of hydrogen-bond donors (Lipinski definition) is 0. The number of rotatable bonds is 5. The Labute approximate surface area is 193 Å². The monoisotopic (exact) mass is 454 g/mol. The lowest BCUT2D eigenvalue weighted by atomic mass is 10.1. The van der Waals surface area contributed by atoms with Crippen molar-refractivity contribution >= 4 is 34.2 Å². The molecule has 168 valence electrons. The van der Waals surface area contributed by atoms with E-state index in [2.05, 4.69) is 34.5 Å². The maximum Gasteiger partial charge on any atom is 0.319 e. The maximum absolute atomic E-state index is 12.1. The average Bonchev–Trinajstić information content (AvgIpc) is 3.20. The molecule has 2 saturated heterocycles. The molecule has 3 heterocycles. The minimum atomic E-state index is -0.0766. The van der Waals surface area contributed by atoms with Crippen molar-refractivity contribution in [2.75, 3.05) is 44.7 Å². The van der Waals surface area contributed by atoms with Crippen LogP contribution in [0.3, 0.4) is 0 Å². The Hall–Kier alpha value is -2.89. The molecule has 2 fully saturated rings. The molecule has 2 unspecified atom stereocenters. The van der Waals surface area contributed by atoms with Crippen molar-refractivity contribution in [3.8, 4) is 12.1 Å². The highest BCUT2D eigenvalue weighted by molar-refractivity contribution is 6.32. The summed E-state index contributed by atoms with van der Waals surface area (Å²) in [5.41, 5.74) is 1.00. The van der Waals surface area contributed by atoms with Crippen LogP contribution in [0.4, 0.5) is 5.82 Å². The number of benzene rings is 1. The molecular weight excluding hydrogens is 428 g/mol. The lowest BCUT2D eigenvalue weighted by Gasteiger charge is -2.40. The van der Waals surface area contributed by atoms with Crippen molar-refractivity contribution in [1.82, 2.24) is 19.8 Å². The van der Waals surface area contributed by atoms with Gasteiger partial charge in [0.05, 0.1) is 16.1 Å². The van der Waals surface area contributed by atoms with E-state index in [1.54, 1.807) is 17.0 Å². The van der Waals surface area contributed by atoms with Gasteiger partial charge in [-0.3, -0.25) is 4.79 Å².